The molecule has 2 nitrogen and oxygen atoms in total. The molecule has 1 heterocycles. The van der Waals surface area contributed by atoms with Gasteiger partial charge in [-0.05, 0) is 15.9 Å². The van der Waals surface area contributed by atoms with E-state index in [0.717, 1.165) is 0 Å². The number of hydrogen-bond donors (Lipinski definition) is 0. The Morgan fingerprint density at radius 3 is 3.50 bits per heavy atom. The van der Waals surface area contributed by atoms with E-state index in [1.54, 1.807) is 5.38 Å². The van der Waals surface area contributed by atoms with E-state index in [-0.39, 0.29) is 0 Å². The van der Waals surface area contributed by atoms with Crippen molar-refractivity contribution < 1.29 is 7.48 Å². The zero-order valence-corrected chi connectivity index (χ0v) is 6.20. The highest BCUT2D eigenvalue weighted by atomic mass is 79.9. The van der Waals surface area contributed by atoms with E-state index in [4.69, 9.17) is 2.74 Å². The summed E-state index contributed by atoms with van der Waals surface area (Å²) in [5.41, 5.74) is 0. The van der Waals surface area contributed by atoms with E-state index in [1.807, 2.05) is 0 Å². The molecule has 0 aromatic carbocycles. The summed E-state index contributed by atoms with van der Waals surface area (Å²) in [5, 5.41) is 2.08. The SMILES string of the molecule is [2H]C([2H])Oc1nc(Br)cs1. The first-order valence-electron chi connectivity index (χ1n) is 2.96. The minimum Gasteiger partial charge on any atom is -0.473 e. The summed E-state index contributed by atoms with van der Waals surface area (Å²) in [6, 6.07) is 0. The lowest BCUT2D eigenvalue weighted by atomic mass is 11.0. The Morgan fingerprint density at radius 1 is 2.12 bits per heavy atom. The third-order valence-corrected chi connectivity index (χ3v) is 2.00. The predicted molar refractivity (Wildman–Crippen MR) is 36.4 cm³/mol. The minimum atomic E-state index is -1.29. The Hall–Kier alpha value is -0.0900. The van der Waals surface area contributed by atoms with Gasteiger partial charge in [-0.1, -0.05) is 11.3 Å². The van der Waals surface area contributed by atoms with Crippen molar-refractivity contribution in [2.45, 2.75) is 0 Å². The molecule has 0 aliphatic rings. The Bertz CT molecular complexity index is 217. The molecule has 1 rings (SSSR count). The van der Waals surface area contributed by atoms with Crippen molar-refractivity contribution >= 4 is 27.3 Å². The molecule has 0 aliphatic heterocycles. The van der Waals surface area contributed by atoms with Gasteiger partial charge in [0.15, 0.2) is 0 Å². The molecular formula is C4H4BrNOS. The van der Waals surface area contributed by atoms with Gasteiger partial charge in [0, 0.05) is 5.38 Å². The first-order chi connectivity index (χ1) is 4.68. The summed E-state index contributed by atoms with van der Waals surface area (Å²) < 4.78 is 18.8. The van der Waals surface area contributed by atoms with Crippen LogP contribution in [-0.4, -0.2) is 12.0 Å². The van der Waals surface area contributed by atoms with Gasteiger partial charge in [0.05, 0.1) is 9.80 Å². The van der Waals surface area contributed by atoms with Crippen LogP contribution in [0.1, 0.15) is 2.74 Å². The topological polar surface area (TPSA) is 22.1 Å². The Balaban J connectivity index is 2.58. The second-order valence-electron chi connectivity index (χ2n) is 1.05. The van der Waals surface area contributed by atoms with E-state index in [9.17, 15) is 0 Å². The highest BCUT2D eigenvalue weighted by Gasteiger charge is 1.94. The minimum absolute atomic E-state index is 0.349. The third-order valence-electron chi connectivity index (χ3n) is 0.556. The van der Waals surface area contributed by atoms with Crippen LogP contribution in [0.4, 0.5) is 0 Å². The molecule has 0 fully saturated rings. The first kappa shape index (κ1) is 3.85. The van der Waals surface area contributed by atoms with E-state index >= 15 is 0 Å². The number of halogens is 1. The zero-order chi connectivity index (χ0) is 7.56. The second kappa shape index (κ2) is 2.46. The van der Waals surface area contributed by atoms with Crippen LogP contribution in [0.2, 0.25) is 0 Å². The average Bonchev–Trinajstić information content (AvgIpc) is 2.13. The smallest absolute Gasteiger partial charge is 0.273 e. The Kier molecular flexibility index (Phi) is 1.18. The fourth-order valence-corrected chi connectivity index (χ4v) is 1.31. The number of thiazole rings is 1. The van der Waals surface area contributed by atoms with E-state index in [2.05, 4.69) is 25.7 Å². The van der Waals surface area contributed by atoms with Gasteiger partial charge in [-0.25, -0.2) is 0 Å². The van der Waals surface area contributed by atoms with Crippen LogP contribution in [0, 0.1) is 0 Å². The molecule has 0 N–H and O–H groups in total. The molecule has 0 spiro atoms. The average molecular weight is 196 g/mol. The van der Waals surface area contributed by atoms with E-state index < -0.39 is 7.06 Å². The highest BCUT2D eigenvalue weighted by molar-refractivity contribution is 9.10. The molecule has 0 atom stereocenters. The number of nitrogens with zero attached hydrogens (tertiary/aromatic N) is 1. The number of aromatic nitrogens is 1. The molecule has 0 radical (unpaired) electrons. The maximum absolute atomic E-state index is 6.72. The van der Waals surface area contributed by atoms with Gasteiger partial charge in [-0.15, -0.1) is 0 Å². The van der Waals surface area contributed by atoms with Crippen molar-refractivity contribution in [2.24, 2.45) is 0 Å². The fourth-order valence-electron chi connectivity index (χ4n) is 0.293. The molecule has 4 heteroatoms. The lowest BCUT2D eigenvalue weighted by Crippen LogP contribution is -1.77. The monoisotopic (exact) mass is 195 g/mol. The summed E-state index contributed by atoms with van der Waals surface area (Å²) in [4.78, 5) is 3.82. The van der Waals surface area contributed by atoms with Gasteiger partial charge in [0.25, 0.3) is 5.19 Å². The zero-order valence-electron chi connectivity index (χ0n) is 5.80. The van der Waals surface area contributed by atoms with Crippen LogP contribution in [0.15, 0.2) is 9.98 Å². The number of hydrogen-bond acceptors (Lipinski definition) is 3. The normalized spacial score (nSPS) is 13.2. The summed E-state index contributed by atoms with van der Waals surface area (Å²) in [6.45, 7) is 0. The molecule has 0 saturated carbocycles. The van der Waals surface area contributed by atoms with Crippen molar-refractivity contribution in [1.29, 1.82) is 0 Å². The molecule has 44 valence electrons. The third kappa shape index (κ3) is 1.20. The molecule has 1 aromatic heterocycles. The molecule has 0 bridgehead atoms. The van der Waals surface area contributed by atoms with Crippen molar-refractivity contribution in [3.8, 4) is 5.19 Å². The van der Waals surface area contributed by atoms with Crippen molar-refractivity contribution in [3.05, 3.63) is 9.98 Å². The van der Waals surface area contributed by atoms with E-state index in [0.29, 0.717) is 9.80 Å². The maximum atomic E-state index is 6.72. The van der Waals surface area contributed by atoms with Gasteiger partial charge in [0.2, 0.25) is 0 Å². The molecule has 1 aromatic rings. The summed E-state index contributed by atoms with van der Waals surface area (Å²) in [5.74, 6) is 0. The van der Waals surface area contributed by atoms with Crippen LogP contribution in [0.25, 0.3) is 0 Å². The van der Waals surface area contributed by atoms with E-state index in [1.165, 1.54) is 11.3 Å². The molecule has 0 saturated heterocycles. The maximum Gasteiger partial charge on any atom is 0.273 e. The van der Waals surface area contributed by atoms with Gasteiger partial charge in [0.1, 0.15) is 4.60 Å². The van der Waals surface area contributed by atoms with Crippen LogP contribution < -0.4 is 4.74 Å². The van der Waals surface area contributed by atoms with Crippen LogP contribution in [0.5, 0.6) is 5.19 Å². The molecular weight excluding hydrogens is 190 g/mol. The lowest BCUT2D eigenvalue weighted by molar-refractivity contribution is 0.411. The molecule has 0 unspecified atom stereocenters. The van der Waals surface area contributed by atoms with Crippen molar-refractivity contribution in [1.82, 2.24) is 4.98 Å². The quantitative estimate of drug-likeness (QED) is 0.684. The first-order valence-corrected chi connectivity index (χ1v) is 3.48. The fraction of sp³-hybridized carbons (Fsp3) is 0.250. The van der Waals surface area contributed by atoms with Crippen molar-refractivity contribution in [3.63, 3.8) is 0 Å². The van der Waals surface area contributed by atoms with Gasteiger partial charge < -0.3 is 4.74 Å². The van der Waals surface area contributed by atoms with Gasteiger partial charge >= 0.3 is 0 Å². The van der Waals surface area contributed by atoms with Gasteiger partial charge in [-0.3, -0.25) is 0 Å². The summed E-state index contributed by atoms with van der Waals surface area (Å²) in [7, 11) is -1.29. The van der Waals surface area contributed by atoms with Crippen LogP contribution >= 0.6 is 27.3 Å². The molecule has 8 heavy (non-hydrogen) atoms. The predicted octanol–water partition coefficient (Wildman–Crippen LogP) is 1.91. The number of methoxy groups -OCH3 is 1. The van der Waals surface area contributed by atoms with Crippen LogP contribution in [0.3, 0.4) is 0 Å². The Labute approximate surface area is 62.4 Å². The number of rotatable bonds is 1. The van der Waals surface area contributed by atoms with Gasteiger partial charge in [-0.2, -0.15) is 4.98 Å². The highest BCUT2D eigenvalue weighted by Crippen LogP contribution is 2.20. The summed E-state index contributed by atoms with van der Waals surface area (Å²) in [6.07, 6.45) is 0. The van der Waals surface area contributed by atoms with Crippen molar-refractivity contribution in [2.75, 3.05) is 7.06 Å². The summed E-state index contributed by atoms with van der Waals surface area (Å²) >= 11 is 4.38. The Morgan fingerprint density at radius 2 is 3.00 bits per heavy atom. The molecule has 0 aliphatic carbocycles. The molecule has 0 amide bonds. The largest absolute Gasteiger partial charge is 0.473 e. The van der Waals surface area contributed by atoms with Crippen LogP contribution in [-0.2, 0) is 0 Å². The standard InChI is InChI=1S/C4H4BrNOS/c1-7-4-6-3(5)2-8-4/h2H,1H3/i1D2. The number of ether oxygens (including phenoxy) is 1. The lowest BCUT2D eigenvalue weighted by Gasteiger charge is -1.84. The second-order valence-corrected chi connectivity index (χ2v) is 2.69.